The van der Waals surface area contributed by atoms with Crippen molar-refractivity contribution in [2.75, 3.05) is 13.1 Å². The first-order chi connectivity index (χ1) is 16.3. The van der Waals surface area contributed by atoms with Gasteiger partial charge in [0.25, 0.3) is 0 Å². The van der Waals surface area contributed by atoms with E-state index in [2.05, 4.69) is 0 Å². The van der Waals surface area contributed by atoms with Crippen LogP contribution in [-0.4, -0.2) is 41.6 Å². The summed E-state index contributed by atoms with van der Waals surface area (Å²) >= 11 is 0. The molecule has 0 atom stereocenters. The molecule has 0 aromatic heterocycles. The van der Waals surface area contributed by atoms with Gasteiger partial charge >= 0.3 is 0 Å². The summed E-state index contributed by atoms with van der Waals surface area (Å²) in [5, 5.41) is 0. The fourth-order valence-corrected chi connectivity index (χ4v) is 4.73. The SMILES string of the molecule is NC(=O)CCCCC(=O)N1CCCCCC1.NC(=O)c1ccc2c(C(N)=O)c1CCCCCC2. The molecule has 1 fully saturated rings. The quantitative estimate of drug-likeness (QED) is 0.523. The van der Waals surface area contributed by atoms with Crippen LogP contribution in [0.4, 0.5) is 0 Å². The van der Waals surface area contributed by atoms with Crippen LogP contribution in [0.5, 0.6) is 0 Å². The predicted octanol–water partition coefficient (Wildman–Crippen LogP) is 2.98. The average molecular weight is 473 g/mol. The Morgan fingerprint density at radius 3 is 1.88 bits per heavy atom. The van der Waals surface area contributed by atoms with E-state index >= 15 is 0 Å². The molecule has 1 aromatic carbocycles. The van der Waals surface area contributed by atoms with Crippen molar-refractivity contribution in [3.63, 3.8) is 0 Å². The number of carbonyl (C=O) groups is 4. The summed E-state index contributed by atoms with van der Waals surface area (Å²) in [6.45, 7) is 1.82. The van der Waals surface area contributed by atoms with Gasteiger partial charge in [-0.05, 0) is 68.6 Å². The molecule has 0 saturated carbocycles. The normalized spacial score (nSPS) is 16.1. The Kier molecular flexibility index (Phi) is 11.6. The lowest BCUT2D eigenvalue weighted by molar-refractivity contribution is -0.131. The smallest absolute Gasteiger partial charge is 0.249 e. The van der Waals surface area contributed by atoms with E-state index in [4.69, 9.17) is 17.2 Å². The van der Waals surface area contributed by atoms with Crippen molar-refractivity contribution in [2.24, 2.45) is 17.2 Å². The second-order valence-corrected chi connectivity index (χ2v) is 9.24. The van der Waals surface area contributed by atoms with Crippen LogP contribution in [0.25, 0.3) is 0 Å². The minimum Gasteiger partial charge on any atom is -0.370 e. The van der Waals surface area contributed by atoms with E-state index in [1.165, 1.54) is 12.8 Å². The zero-order valence-corrected chi connectivity index (χ0v) is 20.3. The molecule has 4 amide bonds. The van der Waals surface area contributed by atoms with Crippen LogP contribution in [0.2, 0.25) is 0 Å². The fourth-order valence-electron chi connectivity index (χ4n) is 4.73. The Bertz CT molecular complexity index is 861. The highest BCUT2D eigenvalue weighted by atomic mass is 16.2. The molecule has 2 bridgehead atoms. The summed E-state index contributed by atoms with van der Waals surface area (Å²) in [6, 6.07) is 3.54. The van der Waals surface area contributed by atoms with E-state index in [-0.39, 0.29) is 11.8 Å². The van der Waals surface area contributed by atoms with Gasteiger partial charge in [0.1, 0.15) is 0 Å². The van der Waals surface area contributed by atoms with Crippen LogP contribution in [-0.2, 0) is 22.4 Å². The van der Waals surface area contributed by atoms with Gasteiger partial charge in [0.2, 0.25) is 23.6 Å². The van der Waals surface area contributed by atoms with Crippen LogP contribution in [0.15, 0.2) is 12.1 Å². The molecule has 8 nitrogen and oxygen atoms in total. The first-order valence-electron chi connectivity index (χ1n) is 12.6. The maximum absolute atomic E-state index is 11.8. The zero-order chi connectivity index (χ0) is 24.9. The van der Waals surface area contributed by atoms with E-state index < -0.39 is 11.8 Å². The third kappa shape index (κ3) is 8.80. The molecule has 3 rings (SSSR count). The second kappa shape index (κ2) is 14.4. The predicted molar refractivity (Wildman–Crippen MR) is 132 cm³/mol. The molecule has 0 unspecified atom stereocenters. The van der Waals surface area contributed by atoms with Crippen LogP contribution >= 0.6 is 0 Å². The highest BCUT2D eigenvalue weighted by molar-refractivity contribution is 6.02. The number of fused-ring (bicyclic) bond motifs is 2. The van der Waals surface area contributed by atoms with Gasteiger partial charge in [0, 0.05) is 37.1 Å². The highest BCUT2D eigenvalue weighted by Crippen LogP contribution is 2.25. The number of nitrogens with two attached hydrogens (primary N) is 3. The number of benzene rings is 1. The van der Waals surface area contributed by atoms with E-state index in [0.29, 0.717) is 30.4 Å². The van der Waals surface area contributed by atoms with Gasteiger partial charge in [-0.2, -0.15) is 0 Å². The molecule has 188 valence electrons. The second-order valence-electron chi connectivity index (χ2n) is 9.24. The highest BCUT2D eigenvalue weighted by Gasteiger charge is 2.20. The maximum Gasteiger partial charge on any atom is 0.249 e. The lowest BCUT2D eigenvalue weighted by atomic mass is 9.91. The standard InChI is InChI=1S/C14H18N2O2.C12H22N2O2/c15-13(17)11-8-7-9-5-3-1-2-4-6-10(11)12(9)14(16)18;13-11(15)7-3-4-8-12(16)14-9-5-1-2-6-10-14/h7-8H,1-6H2,(H2,15,17)(H2,16,18);1-10H2,(H2,13,15). The number of carbonyl (C=O) groups excluding carboxylic acids is 4. The monoisotopic (exact) mass is 472 g/mol. The summed E-state index contributed by atoms with van der Waals surface area (Å²) in [6.07, 6.45) is 13.0. The van der Waals surface area contributed by atoms with Gasteiger partial charge in [-0.25, -0.2) is 0 Å². The number of likely N-dealkylation sites (tertiary alicyclic amines) is 1. The molecule has 8 heteroatoms. The average Bonchev–Trinajstić information content (AvgIpc) is 3.05. The molecule has 1 aliphatic heterocycles. The van der Waals surface area contributed by atoms with E-state index in [9.17, 15) is 19.2 Å². The fraction of sp³-hybridized carbons (Fsp3) is 0.615. The van der Waals surface area contributed by atoms with Crippen molar-refractivity contribution < 1.29 is 19.2 Å². The number of hydrogen-bond donors (Lipinski definition) is 3. The molecule has 0 spiro atoms. The first-order valence-corrected chi connectivity index (χ1v) is 12.6. The Hall–Kier alpha value is -2.90. The summed E-state index contributed by atoms with van der Waals surface area (Å²) in [5.41, 5.74) is 18.5. The number of unbranched alkanes of at least 4 members (excludes halogenated alkanes) is 1. The van der Waals surface area contributed by atoms with Crippen LogP contribution in [0.1, 0.15) is 109 Å². The first kappa shape index (κ1) is 27.3. The summed E-state index contributed by atoms with van der Waals surface area (Å²) in [5.74, 6) is -0.975. The lowest BCUT2D eigenvalue weighted by Gasteiger charge is -2.20. The molecular weight excluding hydrogens is 432 g/mol. The summed E-state index contributed by atoms with van der Waals surface area (Å²) in [4.78, 5) is 47.4. The minimum absolute atomic E-state index is 0.242. The van der Waals surface area contributed by atoms with Crippen molar-refractivity contribution in [3.8, 4) is 0 Å². The largest absolute Gasteiger partial charge is 0.370 e. The Balaban J connectivity index is 0.000000242. The number of hydrogen-bond acceptors (Lipinski definition) is 4. The van der Waals surface area contributed by atoms with Gasteiger partial charge in [-0.15, -0.1) is 0 Å². The number of amides is 4. The Morgan fingerprint density at radius 2 is 1.29 bits per heavy atom. The topological polar surface area (TPSA) is 150 Å². The van der Waals surface area contributed by atoms with Gasteiger partial charge < -0.3 is 22.1 Å². The summed E-state index contributed by atoms with van der Waals surface area (Å²) < 4.78 is 0. The molecular formula is C26H40N4O4. The zero-order valence-electron chi connectivity index (χ0n) is 20.3. The van der Waals surface area contributed by atoms with Crippen molar-refractivity contribution in [2.45, 2.75) is 89.9 Å². The molecule has 1 heterocycles. The van der Waals surface area contributed by atoms with Crippen molar-refractivity contribution >= 4 is 23.6 Å². The van der Waals surface area contributed by atoms with Gasteiger partial charge in [-0.3, -0.25) is 19.2 Å². The molecule has 0 radical (unpaired) electrons. The van der Waals surface area contributed by atoms with Crippen molar-refractivity contribution in [1.82, 2.24) is 4.90 Å². The van der Waals surface area contributed by atoms with E-state index in [1.807, 2.05) is 11.0 Å². The van der Waals surface area contributed by atoms with Gasteiger partial charge in [0.15, 0.2) is 0 Å². The maximum atomic E-state index is 11.8. The third-order valence-electron chi connectivity index (χ3n) is 6.56. The molecule has 2 aliphatic rings. The lowest BCUT2D eigenvalue weighted by Crippen LogP contribution is -2.31. The number of rotatable bonds is 7. The minimum atomic E-state index is -0.488. The molecule has 6 N–H and O–H groups in total. The van der Waals surface area contributed by atoms with E-state index in [0.717, 1.165) is 82.0 Å². The van der Waals surface area contributed by atoms with Crippen molar-refractivity contribution in [1.29, 1.82) is 0 Å². The number of primary amides is 3. The van der Waals surface area contributed by atoms with Crippen molar-refractivity contribution in [3.05, 3.63) is 34.4 Å². The molecule has 1 saturated heterocycles. The van der Waals surface area contributed by atoms with E-state index in [1.54, 1.807) is 6.07 Å². The Labute approximate surface area is 202 Å². The van der Waals surface area contributed by atoms with Gasteiger partial charge in [-0.1, -0.05) is 31.7 Å². The van der Waals surface area contributed by atoms with Crippen LogP contribution in [0, 0.1) is 0 Å². The van der Waals surface area contributed by atoms with Crippen LogP contribution in [0.3, 0.4) is 0 Å². The van der Waals surface area contributed by atoms with Crippen LogP contribution < -0.4 is 17.2 Å². The Morgan fingerprint density at radius 1 is 0.706 bits per heavy atom. The summed E-state index contributed by atoms with van der Waals surface area (Å²) in [7, 11) is 0. The molecule has 1 aromatic rings. The van der Waals surface area contributed by atoms with Gasteiger partial charge in [0.05, 0.1) is 0 Å². The number of aryl methyl sites for hydroxylation is 1. The molecule has 34 heavy (non-hydrogen) atoms. The third-order valence-corrected chi connectivity index (χ3v) is 6.56. The molecule has 1 aliphatic carbocycles. The number of nitrogens with zero attached hydrogens (tertiary/aromatic N) is 1.